The van der Waals surface area contributed by atoms with Gasteiger partial charge >= 0.3 is 12.2 Å². The summed E-state index contributed by atoms with van der Waals surface area (Å²) < 4.78 is 11.0. The molecule has 40 heavy (non-hydrogen) atoms. The number of phenols is 2. The summed E-state index contributed by atoms with van der Waals surface area (Å²) in [6.45, 7) is 2.59. The highest BCUT2D eigenvalue weighted by Gasteiger charge is 2.14. The number of nitrogens with one attached hydrogen (secondary N) is 2. The van der Waals surface area contributed by atoms with Gasteiger partial charge in [-0.1, -0.05) is 71.1 Å². The number of hydrogen-bond acceptors (Lipinski definition) is 6. The maximum absolute atomic E-state index is 12.4. The molecule has 0 fully saturated rings. The van der Waals surface area contributed by atoms with Gasteiger partial charge in [-0.2, -0.15) is 0 Å². The first kappa shape index (κ1) is 32.8. The van der Waals surface area contributed by atoms with Gasteiger partial charge in [0.1, 0.15) is 17.6 Å². The van der Waals surface area contributed by atoms with E-state index in [0.717, 1.165) is 57.8 Å². The summed E-state index contributed by atoms with van der Waals surface area (Å²) in [5.74, 6) is 0.312. The molecule has 0 radical (unpaired) electrons. The first-order valence-electron chi connectivity index (χ1n) is 15.0. The van der Waals surface area contributed by atoms with E-state index < -0.39 is 12.2 Å². The summed E-state index contributed by atoms with van der Waals surface area (Å²) in [5.41, 5.74) is 1.20. The fourth-order valence-electron chi connectivity index (χ4n) is 4.48. The predicted octanol–water partition coefficient (Wildman–Crippen LogP) is 9.14. The van der Waals surface area contributed by atoms with Crippen LogP contribution in [0.5, 0.6) is 11.5 Å². The smallest absolute Gasteiger partial charge is 0.411 e. The van der Waals surface area contributed by atoms with Gasteiger partial charge in [-0.05, 0) is 80.6 Å². The molecule has 2 amide bonds. The van der Waals surface area contributed by atoms with Gasteiger partial charge in [0.2, 0.25) is 0 Å². The third kappa shape index (κ3) is 15.9. The highest BCUT2D eigenvalue weighted by Crippen LogP contribution is 2.19. The third-order valence-corrected chi connectivity index (χ3v) is 6.78. The Morgan fingerprint density at radius 1 is 0.625 bits per heavy atom. The lowest BCUT2D eigenvalue weighted by molar-refractivity contribution is 0.0960. The number of ether oxygens (including phenoxy) is 2. The van der Waals surface area contributed by atoms with Gasteiger partial charge in [0.15, 0.2) is 0 Å². The van der Waals surface area contributed by atoms with Crippen LogP contribution in [0.25, 0.3) is 0 Å². The van der Waals surface area contributed by atoms with Crippen LogP contribution < -0.4 is 10.6 Å². The number of carbonyl (C=O) groups excluding carboxylic acids is 2. The van der Waals surface area contributed by atoms with Crippen molar-refractivity contribution in [2.45, 2.75) is 109 Å². The molecule has 222 valence electrons. The van der Waals surface area contributed by atoms with Crippen LogP contribution in [0.15, 0.2) is 48.5 Å². The van der Waals surface area contributed by atoms with Crippen molar-refractivity contribution in [1.82, 2.24) is 0 Å². The number of aromatic hydroxyl groups is 2. The monoisotopic (exact) mass is 556 g/mol. The zero-order valence-electron chi connectivity index (χ0n) is 24.0. The fourth-order valence-corrected chi connectivity index (χ4v) is 4.48. The second kappa shape index (κ2) is 20.5. The molecule has 0 saturated carbocycles. The molecule has 0 spiro atoms. The first-order chi connectivity index (χ1) is 19.5. The SMILES string of the molecule is CCCCCCC(CCCCCCCCCCCOC(=O)Nc1ccc(O)cc1)OC(=O)Nc1ccc(O)cc1. The molecule has 0 bridgehead atoms. The second-order valence-corrected chi connectivity index (χ2v) is 10.3. The predicted molar refractivity (Wildman–Crippen MR) is 160 cm³/mol. The molecular formula is C32H48N2O6. The highest BCUT2D eigenvalue weighted by atomic mass is 16.6. The van der Waals surface area contributed by atoms with Crippen molar-refractivity contribution in [2.24, 2.45) is 0 Å². The number of carbonyl (C=O) groups is 2. The Hall–Kier alpha value is -3.42. The van der Waals surface area contributed by atoms with Crippen molar-refractivity contribution in [3.05, 3.63) is 48.5 Å². The maximum atomic E-state index is 12.4. The minimum atomic E-state index is -0.475. The molecule has 2 aromatic rings. The summed E-state index contributed by atoms with van der Waals surface area (Å²) in [6.07, 6.45) is 15.4. The summed E-state index contributed by atoms with van der Waals surface area (Å²) in [7, 11) is 0. The molecule has 0 aliphatic rings. The van der Waals surface area contributed by atoms with E-state index in [9.17, 15) is 19.8 Å². The van der Waals surface area contributed by atoms with Gasteiger partial charge in [0, 0.05) is 11.4 Å². The Bertz CT molecular complexity index is 949. The summed E-state index contributed by atoms with van der Waals surface area (Å²) in [4.78, 5) is 24.2. The lowest BCUT2D eigenvalue weighted by Crippen LogP contribution is -2.22. The Labute approximate surface area is 239 Å². The van der Waals surface area contributed by atoms with Crippen molar-refractivity contribution in [2.75, 3.05) is 17.2 Å². The van der Waals surface area contributed by atoms with E-state index in [1.54, 1.807) is 24.3 Å². The highest BCUT2D eigenvalue weighted by molar-refractivity contribution is 5.85. The summed E-state index contributed by atoms with van der Waals surface area (Å²) in [6, 6.07) is 12.7. The largest absolute Gasteiger partial charge is 0.508 e. The lowest BCUT2D eigenvalue weighted by atomic mass is 10.0. The van der Waals surface area contributed by atoms with Gasteiger partial charge in [-0.15, -0.1) is 0 Å². The number of phenolic OH excluding ortho intramolecular Hbond substituents is 2. The molecule has 8 nitrogen and oxygen atoms in total. The molecule has 1 unspecified atom stereocenters. The van der Waals surface area contributed by atoms with Gasteiger partial charge in [0.25, 0.3) is 0 Å². The molecular weight excluding hydrogens is 508 g/mol. The number of rotatable bonds is 20. The molecule has 4 N–H and O–H groups in total. The van der Waals surface area contributed by atoms with E-state index in [2.05, 4.69) is 17.6 Å². The molecule has 0 saturated heterocycles. The zero-order chi connectivity index (χ0) is 28.8. The van der Waals surface area contributed by atoms with Crippen LogP contribution in [0.2, 0.25) is 0 Å². The Morgan fingerprint density at radius 3 is 1.55 bits per heavy atom. The number of anilines is 2. The van der Waals surface area contributed by atoms with E-state index >= 15 is 0 Å². The second-order valence-electron chi connectivity index (χ2n) is 10.3. The fraction of sp³-hybridized carbons (Fsp3) is 0.562. The topological polar surface area (TPSA) is 117 Å². The molecule has 2 aromatic carbocycles. The minimum absolute atomic E-state index is 0.0700. The average molecular weight is 557 g/mol. The Balaban J connectivity index is 1.49. The van der Waals surface area contributed by atoms with Crippen LogP contribution in [-0.2, 0) is 9.47 Å². The molecule has 0 aromatic heterocycles. The van der Waals surface area contributed by atoms with E-state index in [1.807, 2.05) is 0 Å². The zero-order valence-corrected chi connectivity index (χ0v) is 24.0. The van der Waals surface area contributed by atoms with E-state index in [4.69, 9.17) is 9.47 Å². The Kier molecular flexibility index (Phi) is 16.8. The molecule has 0 heterocycles. The van der Waals surface area contributed by atoms with Crippen LogP contribution in [0.1, 0.15) is 103 Å². The van der Waals surface area contributed by atoms with E-state index in [-0.39, 0.29) is 17.6 Å². The number of benzene rings is 2. The van der Waals surface area contributed by atoms with Crippen molar-refractivity contribution < 1.29 is 29.3 Å². The van der Waals surface area contributed by atoms with Crippen LogP contribution in [0.4, 0.5) is 21.0 Å². The normalized spacial score (nSPS) is 11.5. The van der Waals surface area contributed by atoms with Crippen LogP contribution in [0, 0.1) is 0 Å². The number of unbranched alkanes of at least 4 members (excludes halogenated alkanes) is 11. The Morgan fingerprint density at radius 2 is 1.05 bits per heavy atom. The maximum Gasteiger partial charge on any atom is 0.411 e. The van der Waals surface area contributed by atoms with Crippen molar-refractivity contribution in [3.63, 3.8) is 0 Å². The van der Waals surface area contributed by atoms with Crippen molar-refractivity contribution in [3.8, 4) is 11.5 Å². The van der Waals surface area contributed by atoms with Crippen molar-refractivity contribution in [1.29, 1.82) is 0 Å². The van der Waals surface area contributed by atoms with Gasteiger partial charge in [-0.25, -0.2) is 9.59 Å². The average Bonchev–Trinajstić information content (AvgIpc) is 2.94. The molecule has 2 rings (SSSR count). The van der Waals surface area contributed by atoms with Gasteiger partial charge in [-0.3, -0.25) is 10.6 Å². The van der Waals surface area contributed by atoms with Crippen LogP contribution in [-0.4, -0.2) is 35.1 Å². The standard InChI is InChI=1S/C32H48N2O6/c1-2-3-4-12-15-30(40-32(38)34-27-19-23-29(36)24-20-27)16-13-10-8-6-5-7-9-11-14-25-39-31(37)33-26-17-21-28(35)22-18-26/h17-24,30,35-36H,2-16,25H2,1H3,(H,33,37)(H,34,38). The number of hydrogen-bond donors (Lipinski definition) is 4. The lowest BCUT2D eigenvalue weighted by Gasteiger charge is -2.18. The molecule has 0 aliphatic heterocycles. The molecule has 1 atom stereocenters. The number of amides is 2. The van der Waals surface area contributed by atoms with Gasteiger partial charge < -0.3 is 19.7 Å². The van der Waals surface area contributed by atoms with E-state index in [0.29, 0.717) is 18.0 Å². The van der Waals surface area contributed by atoms with E-state index in [1.165, 1.54) is 62.8 Å². The van der Waals surface area contributed by atoms with Crippen molar-refractivity contribution >= 4 is 23.6 Å². The summed E-state index contributed by atoms with van der Waals surface area (Å²) >= 11 is 0. The minimum Gasteiger partial charge on any atom is -0.508 e. The molecule has 8 heteroatoms. The van der Waals surface area contributed by atoms with Crippen LogP contribution >= 0.6 is 0 Å². The molecule has 0 aliphatic carbocycles. The van der Waals surface area contributed by atoms with Crippen LogP contribution in [0.3, 0.4) is 0 Å². The quantitative estimate of drug-likeness (QED) is 0.0954. The first-order valence-corrected chi connectivity index (χ1v) is 15.0. The third-order valence-electron chi connectivity index (χ3n) is 6.78. The summed E-state index contributed by atoms with van der Waals surface area (Å²) in [5, 5.41) is 24.1. The van der Waals surface area contributed by atoms with Gasteiger partial charge in [0.05, 0.1) is 6.61 Å².